The molecule has 2 heterocycles. The molecule has 0 spiro atoms. The van der Waals surface area contributed by atoms with Crippen LogP contribution in [-0.2, 0) is 10.8 Å². The van der Waals surface area contributed by atoms with Crippen molar-refractivity contribution in [2.45, 2.75) is 52.4 Å². The van der Waals surface area contributed by atoms with Crippen LogP contribution < -0.4 is 10.6 Å². The fraction of sp³-hybridized carbons (Fsp3) is 0.429. The molecule has 2 aromatic rings. The first kappa shape index (κ1) is 26.5. The van der Waals surface area contributed by atoms with E-state index in [2.05, 4.69) is 48.3 Å². The van der Waals surface area contributed by atoms with E-state index in [-0.39, 0.29) is 22.6 Å². The summed E-state index contributed by atoms with van der Waals surface area (Å²) in [5.74, 6) is 1.47. The van der Waals surface area contributed by atoms with Gasteiger partial charge in [-0.15, -0.1) is 0 Å². The zero-order valence-electron chi connectivity index (χ0n) is 21.8. The Morgan fingerprint density at radius 1 is 0.722 bits per heavy atom. The van der Waals surface area contributed by atoms with E-state index in [0.29, 0.717) is 24.2 Å². The molecule has 0 aliphatic carbocycles. The molecule has 8 heteroatoms. The van der Waals surface area contributed by atoms with Crippen molar-refractivity contribution in [1.82, 2.24) is 10.6 Å². The van der Waals surface area contributed by atoms with Gasteiger partial charge in [-0.1, -0.05) is 49.3 Å². The Labute approximate surface area is 221 Å². The lowest BCUT2D eigenvalue weighted by atomic mass is 9.81. The molecule has 190 valence electrons. The molecule has 2 N–H and O–H groups in total. The quantitative estimate of drug-likeness (QED) is 0.313. The normalized spacial score (nSPS) is 16.6. The topological polar surface area (TPSA) is 82.9 Å². The van der Waals surface area contributed by atoms with Gasteiger partial charge in [-0.25, -0.2) is 0 Å². The number of hydrogen-bond donors (Lipinski definition) is 2. The summed E-state index contributed by atoms with van der Waals surface area (Å²) in [5, 5.41) is 6.00. The first-order valence-corrected chi connectivity index (χ1v) is 14.7. The zero-order valence-corrected chi connectivity index (χ0v) is 23.5. The Bertz CT molecular complexity index is 1170. The third-order valence-corrected chi connectivity index (χ3v) is 9.68. The van der Waals surface area contributed by atoms with Gasteiger partial charge < -0.3 is 10.6 Å². The lowest BCUT2D eigenvalue weighted by molar-refractivity contribution is 0.0948. The van der Waals surface area contributed by atoms with Crippen LogP contribution in [0.15, 0.2) is 46.4 Å². The van der Waals surface area contributed by atoms with Crippen molar-refractivity contribution in [3.63, 3.8) is 0 Å². The molecule has 0 aromatic heterocycles. The summed E-state index contributed by atoms with van der Waals surface area (Å²) in [6, 6.07) is 11.5. The Kier molecular flexibility index (Phi) is 7.67. The van der Waals surface area contributed by atoms with E-state index < -0.39 is 0 Å². The summed E-state index contributed by atoms with van der Waals surface area (Å²) in [6.07, 6.45) is 0. The van der Waals surface area contributed by atoms with Gasteiger partial charge in [0.1, 0.15) is 0 Å². The number of rotatable bonds is 9. The molecule has 0 saturated carbocycles. The van der Waals surface area contributed by atoms with Crippen molar-refractivity contribution in [2.24, 2.45) is 9.98 Å². The maximum absolute atomic E-state index is 12.6. The summed E-state index contributed by atoms with van der Waals surface area (Å²) in [4.78, 5) is 34.4. The standard InChI is InChI=1S/C28H34N4O2S2/c1-17-27(3,4)21-15-19(7-9-23(21)31-17)25(33)29-11-13-35-36-14-12-30-26(34)20-8-10-24-22(16-20)28(5,6)18(2)32-24/h7-10,15-16H,11-14H2,1-6H3,(H,29,33)(H,30,34). The minimum atomic E-state index is -0.141. The molecule has 6 nitrogen and oxygen atoms in total. The Hall–Kier alpha value is -2.58. The van der Waals surface area contributed by atoms with Crippen LogP contribution >= 0.6 is 21.6 Å². The van der Waals surface area contributed by atoms with E-state index in [9.17, 15) is 9.59 Å². The third kappa shape index (κ3) is 5.25. The number of hydrogen-bond acceptors (Lipinski definition) is 6. The predicted molar refractivity (Wildman–Crippen MR) is 154 cm³/mol. The molecule has 2 amide bonds. The van der Waals surface area contributed by atoms with Crippen LogP contribution in [0.5, 0.6) is 0 Å². The van der Waals surface area contributed by atoms with E-state index in [0.717, 1.165) is 45.4 Å². The first-order chi connectivity index (χ1) is 17.0. The van der Waals surface area contributed by atoms with E-state index >= 15 is 0 Å². The maximum Gasteiger partial charge on any atom is 0.251 e. The summed E-state index contributed by atoms with van der Waals surface area (Å²) >= 11 is 0. The highest BCUT2D eigenvalue weighted by molar-refractivity contribution is 8.76. The van der Waals surface area contributed by atoms with Gasteiger partial charge >= 0.3 is 0 Å². The second-order valence-corrected chi connectivity index (χ2v) is 13.0. The average Bonchev–Trinajstić information content (AvgIpc) is 3.21. The summed E-state index contributed by atoms with van der Waals surface area (Å²) in [7, 11) is 3.38. The van der Waals surface area contributed by atoms with Crippen molar-refractivity contribution in [3.8, 4) is 0 Å². The number of carbonyl (C=O) groups is 2. The number of amides is 2. The lowest BCUT2D eigenvalue weighted by Gasteiger charge is -2.20. The van der Waals surface area contributed by atoms with Gasteiger partial charge in [0.15, 0.2) is 0 Å². The van der Waals surface area contributed by atoms with E-state index in [4.69, 9.17) is 0 Å². The third-order valence-electron chi connectivity index (χ3n) is 7.27. The highest BCUT2D eigenvalue weighted by Gasteiger charge is 2.33. The van der Waals surface area contributed by atoms with Crippen molar-refractivity contribution in [3.05, 3.63) is 58.7 Å². The van der Waals surface area contributed by atoms with E-state index in [1.807, 2.05) is 50.2 Å². The predicted octanol–water partition coefficient (Wildman–Crippen LogP) is 6.00. The molecular weight excluding hydrogens is 488 g/mol. The number of carbonyl (C=O) groups excluding carboxylic acids is 2. The molecule has 0 fully saturated rings. The molecule has 0 unspecified atom stereocenters. The van der Waals surface area contributed by atoms with Crippen LogP contribution in [-0.4, -0.2) is 47.8 Å². The number of benzene rings is 2. The molecule has 2 aliphatic rings. The number of aliphatic imine (C=N–C) groups is 2. The van der Waals surface area contributed by atoms with Gasteiger partial charge in [-0.05, 0) is 61.4 Å². The van der Waals surface area contributed by atoms with Crippen LogP contribution in [0, 0.1) is 0 Å². The van der Waals surface area contributed by atoms with Gasteiger partial charge in [0, 0.05) is 58.0 Å². The molecule has 4 rings (SSSR count). The Morgan fingerprint density at radius 2 is 1.11 bits per heavy atom. The van der Waals surface area contributed by atoms with Crippen LogP contribution in [0.2, 0.25) is 0 Å². The largest absolute Gasteiger partial charge is 0.351 e. The van der Waals surface area contributed by atoms with Crippen molar-refractivity contribution >= 4 is 56.2 Å². The number of fused-ring (bicyclic) bond motifs is 2. The highest BCUT2D eigenvalue weighted by atomic mass is 33.1. The summed E-state index contributed by atoms with van der Waals surface area (Å²) in [6.45, 7) is 13.8. The number of nitrogens with one attached hydrogen (secondary N) is 2. The van der Waals surface area contributed by atoms with Gasteiger partial charge in [0.2, 0.25) is 0 Å². The molecule has 36 heavy (non-hydrogen) atoms. The smallest absolute Gasteiger partial charge is 0.251 e. The minimum absolute atomic E-state index is 0.0610. The monoisotopic (exact) mass is 522 g/mol. The summed E-state index contributed by atoms with van der Waals surface area (Å²) in [5.41, 5.74) is 7.32. The van der Waals surface area contributed by atoms with E-state index in [1.54, 1.807) is 21.6 Å². The maximum atomic E-state index is 12.6. The number of nitrogens with zero attached hydrogens (tertiary/aromatic N) is 2. The fourth-order valence-electron chi connectivity index (χ4n) is 4.32. The second-order valence-electron chi connectivity index (χ2n) is 10.3. The van der Waals surface area contributed by atoms with Crippen molar-refractivity contribution in [2.75, 3.05) is 24.6 Å². The molecule has 0 bridgehead atoms. The van der Waals surface area contributed by atoms with Crippen LogP contribution in [0.3, 0.4) is 0 Å². The first-order valence-electron chi connectivity index (χ1n) is 12.2. The molecule has 0 radical (unpaired) electrons. The van der Waals surface area contributed by atoms with Gasteiger partial charge in [0.05, 0.1) is 11.4 Å². The Morgan fingerprint density at radius 3 is 1.50 bits per heavy atom. The molecule has 0 atom stereocenters. The zero-order chi connectivity index (χ0) is 26.1. The van der Waals surface area contributed by atoms with Gasteiger partial charge in [-0.2, -0.15) is 0 Å². The SMILES string of the molecule is CC1=Nc2ccc(C(=O)NCCSSCCNC(=O)c3ccc4c(c3)C(C)(C)C(C)=N4)cc2C1(C)C. The molecule has 2 aromatic carbocycles. The molecular formula is C28H34N4O2S2. The van der Waals surface area contributed by atoms with E-state index in [1.165, 1.54) is 0 Å². The van der Waals surface area contributed by atoms with Crippen LogP contribution in [0.1, 0.15) is 73.4 Å². The lowest BCUT2D eigenvalue weighted by Crippen LogP contribution is -2.27. The van der Waals surface area contributed by atoms with Crippen molar-refractivity contribution in [1.29, 1.82) is 0 Å². The van der Waals surface area contributed by atoms with Crippen LogP contribution in [0.4, 0.5) is 11.4 Å². The Balaban J connectivity index is 1.13. The van der Waals surface area contributed by atoms with Crippen molar-refractivity contribution < 1.29 is 9.59 Å². The highest BCUT2D eigenvalue weighted by Crippen LogP contribution is 2.41. The van der Waals surface area contributed by atoms with Crippen LogP contribution in [0.25, 0.3) is 0 Å². The summed E-state index contributed by atoms with van der Waals surface area (Å²) < 4.78 is 0. The molecule has 0 saturated heterocycles. The van der Waals surface area contributed by atoms with Gasteiger partial charge in [-0.3, -0.25) is 19.6 Å². The van der Waals surface area contributed by atoms with Gasteiger partial charge in [0.25, 0.3) is 11.8 Å². The second kappa shape index (κ2) is 10.4. The average molecular weight is 523 g/mol. The minimum Gasteiger partial charge on any atom is -0.351 e. The molecule has 2 aliphatic heterocycles. The fourth-order valence-corrected chi connectivity index (χ4v) is 6.13.